The normalized spacial score (nSPS) is 14.8. The van der Waals surface area contributed by atoms with Crippen LogP contribution in [0.5, 0.6) is 0 Å². The third-order valence-corrected chi connectivity index (χ3v) is 18.6. The number of phosphoric ester groups is 2. The number of esters is 4. The second kappa shape index (κ2) is 82.6. The Morgan fingerprint density at radius 3 is 0.759 bits per heavy atom. The first-order chi connectivity index (χ1) is 54.7. The fourth-order valence-electron chi connectivity index (χ4n) is 10.4. The van der Waals surface area contributed by atoms with E-state index in [1.807, 2.05) is 12.2 Å². The fraction of sp³-hybridized carbons (Fsp3) is 0.591. The van der Waals surface area contributed by atoms with Crippen LogP contribution in [0.25, 0.3) is 0 Å². The molecule has 112 heavy (non-hydrogen) atoms. The quantitative estimate of drug-likeness (QED) is 0.0169. The molecule has 0 aromatic heterocycles. The highest BCUT2D eigenvalue weighted by Gasteiger charge is 2.30. The van der Waals surface area contributed by atoms with Crippen molar-refractivity contribution < 1.29 is 80.2 Å². The number of aliphatic hydroxyl groups excluding tert-OH is 1. The molecule has 632 valence electrons. The maximum absolute atomic E-state index is 13.1. The smallest absolute Gasteiger partial charge is 0.462 e. The van der Waals surface area contributed by atoms with Crippen molar-refractivity contribution in [2.45, 2.75) is 316 Å². The minimum absolute atomic E-state index is 0.00417. The van der Waals surface area contributed by atoms with Gasteiger partial charge in [0.1, 0.15) is 19.3 Å². The van der Waals surface area contributed by atoms with Crippen LogP contribution in [-0.2, 0) is 65.4 Å². The lowest BCUT2D eigenvalue weighted by molar-refractivity contribution is -0.161. The van der Waals surface area contributed by atoms with Gasteiger partial charge in [-0.25, -0.2) is 9.13 Å². The van der Waals surface area contributed by atoms with Gasteiger partial charge < -0.3 is 33.8 Å². The van der Waals surface area contributed by atoms with Crippen LogP contribution in [0.15, 0.2) is 207 Å². The van der Waals surface area contributed by atoms with Crippen LogP contribution in [0, 0.1) is 0 Å². The fourth-order valence-corrected chi connectivity index (χ4v) is 12.0. The zero-order valence-electron chi connectivity index (χ0n) is 69.3. The summed E-state index contributed by atoms with van der Waals surface area (Å²) in [7, 11) is -10.0. The highest BCUT2D eigenvalue weighted by Crippen LogP contribution is 2.45. The molecule has 0 saturated heterocycles. The molecule has 5 unspecified atom stereocenters. The molecular weight excluding hydrogens is 1450 g/mol. The Balaban J connectivity index is 5.53. The highest BCUT2D eigenvalue weighted by atomic mass is 31.2. The molecule has 0 radical (unpaired) electrons. The first kappa shape index (κ1) is 106. The molecular formula is C93H148O17P2. The van der Waals surface area contributed by atoms with Crippen LogP contribution in [0.3, 0.4) is 0 Å². The molecule has 0 aliphatic rings. The van der Waals surface area contributed by atoms with E-state index in [-0.39, 0.29) is 25.7 Å². The molecule has 0 fully saturated rings. The summed E-state index contributed by atoms with van der Waals surface area (Å²) in [5.41, 5.74) is 0. The topological polar surface area (TPSA) is 237 Å². The van der Waals surface area contributed by atoms with Crippen molar-refractivity contribution in [3.63, 3.8) is 0 Å². The van der Waals surface area contributed by atoms with E-state index in [4.69, 9.17) is 37.0 Å². The molecule has 0 saturated carbocycles. The van der Waals surface area contributed by atoms with E-state index < -0.39 is 97.5 Å². The minimum Gasteiger partial charge on any atom is -0.462 e. The van der Waals surface area contributed by atoms with Crippen molar-refractivity contribution in [1.82, 2.24) is 0 Å². The van der Waals surface area contributed by atoms with Crippen molar-refractivity contribution >= 4 is 39.5 Å². The Kier molecular flexibility index (Phi) is 77.9. The Morgan fingerprint density at radius 1 is 0.259 bits per heavy atom. The largest absolute Gasteiger partial charge is 0.472 e. The molecule has 0 heterocycles. The van der Waals surface area contributed by atoms with Gasteiger partial charge in [0.25, 0.3) is 0 Å². The zero-order valence-corrected chi connectivity index (χ0v) is 71.0. The summed E-state index contributed by atoms with van der Waals surface area (Å²) < 4.78 is 68.7. The maximum atomic E-state index is 13.1. The van der Waals surface area contributed by atoms with E-state index in [1.165, 1.54) is 19.3 Å². The van der Waals surface area contributed by atoms with Crippen LogP contribution in [0.4, 0.5) is 0 Å². The molecule has 5 atom stereocenters. The van der Waals surface area contributed by atoms with Crippen LogP contribution in [0.2, 0.25) is 0 Å². The third kappa shape index (κ3) is 81.6. The zero-order chi connectivity index (χ0) is 81.7. The van der Waals surface area contributed by atoms with Gasteiger partial charge in [0.05, 0.1) is 26.4 Å². The number of allylic oxidation sites excluding steroid dienone is 34. The molecule has 0 rings (SSSR count). The van der Waals surface area contributed by atoms with Crippen LogP contribution in [0.1, 0.15) is 297 Å². The molecule has 0 aliphatic carbocycles. The summed E-state index contributed by atoms with van der Waals surface area (Å²) in [6.45, 7) is 4.35. The second-order valence-corrected chi connectivity index (χ2v) is 30.2. The number of aliphatic hydroxyl groups is 1. The average molecular weight is 1600 g/mol. The van der Waals surface area contributed by atoms with E-state index in [9.17, 15) is 43.2 Å². The van der Waals surface area contributed by atoms with Gasteiger partial charge in [-0.1, -0.05) is 292 Å². The predicted molar refractivity (Wildman–Crippen MR) is 463 cm³/mol. The number of ether oxygens (including phenoxy) is 4. The Morgan fingerprint density at radius 2 is 0.473 bits per heavy atom. The van der Waals surface area contributed by atoms with Gasteiger partial charge in [-0.05, 0) is 186 Å². The number of rotatable bonds is 77. The van der Waals surface area contributed by atoms with Crippen molar-refractivity contribution in [2.75, 3.05) is 39.6 Å². The molecule has 0 spiro atoms. The average Bonchev–Trinajstić information content (AvgIpc) is 0.895. The first-order valence-corrected chi connectivity index (χ1v) is 45.3. The minimum atomic E-state index is -5.02. The van der Waals surface area contributed by atoms with Crippen molar-refractivity contribution in [3.8, 4) is 0 Å². The SMILES string of the molecule is CC/C=C\C/C=C\C/C=C\C/C=C\C/C=C\CCCCCC(=O)OCC(COP(=O)(O)OCC(O)COP(=O)(O)OCC(COC(=O)CCCCCCCC/C=C\C/C=C\C/C=C\CCCCC)OC(=O)CCC/C=C\C/C=C\C/C=C\C/C=C\C/C=C\CC)OC(=O)CCCCCC/C=C\C/C=C\C/C=C\C/C=C\CC. The van der Waals surface area contributed by atoms with Gasteiger partial charge in [0, 0.05) is 25.7 Å². The lowest BCUT2D eigenvalue weighted by atomic mass is 10.1. The number of hydrogen-bond acceptors (Lipinski definition) is 15. The summed E-state index contributed by atoms with van der Waals surface area (Å²) >= 11 is 0. The maximum Gasteiger partial charge on any atom is 0.472 e. The Bertz CT molecular complexity index is 2940. The lowest BCUT2D eigenvalue weighted by Crippen LogP contribution is -2.30. The van der Waals surface area contributed by atoms with E-state index in [0.717, 1.165) is 193 Å². The van der Waals surface area contributed by atoms with Crippen molar-refractivity contribution in [1.29, 1.82) is 0 Å². The summed E-state index contributed by atoms with van der Waals surface area (Å²) in [6, 6.07) is 0. The van der Waals surface area contributed by atoms with E-state index in [1.54, 1.807) is 0 Å². The molecule has 0 bridgehead atoms. The molecule has 0 aliphatic heterocycles. The summed E-state index contributed by atoms with van der Waals surface area (Å²) in [5.74, 6) is -2.34. The van der Waals surface area contributed by atoms with Gasteiger partial charge in [-0.3, -0.25) is 37.3 Å². The molecule has 0 aromatic rings. The van der Waals surface area contributed by atoms with E-state index in [0.29, 0.717) is 32.1 Å². The van der Waals surface area contributed by atoms with Crippen molar-refractivity contribution in [2.24, 2.45) is 0 Å². The second-order valence-electron chi connectivity index (χ2n) is 27.3. The number of carbonyl (C=O) groups excluding carboxylic acids is 4. The van der Waals surface area contributed by atoms with Gasteiger partial charge >= 0.3 is 39.5 Å². The summed E-state index contributed by atoms with van der Waals surface area (Å²) in [6.07, 6.45) is 104. The third-order valence-electron chi connectivity index (χ3n) is 16.7. The van der Waals surface area contributed by atoms with Crippen molar-refractivity contribution in [3.05, 3.63) is 207 Å². The predicted octanol–water partition coefficient (Wildman–Crippen LogP) is 25.4. The highest BCUT2D eigenvalue weighted by molar-refractivity contribution is 7.47. The van der Waals surface area contributed by atoms with E-state index >= 15 is 0 Å². The molecule has 19 heteroatoms. The summed E-state index contributed by atoms with van der Waals surface area (Å²) in [5, 5.41) is 10.7. The van der Waals surface area contributed by atoms with Crippen LogP contribution in [-0.4, -0.2) is 96.7 Å². The van der Waals surface area contributed by atoms with Gasteiger partial charge in [0.15, 0.2) is 12.2 Å². The molecule has 0 aromatic carbocycles. The molecule has 17 nitrogen and oxygen atoms in total. The molecule has 3 N–H and O–H groups in total. The van der Waals surface area contributed by atoms with Gasteiger partial charge in [-0.2, -0.15) is 0 Å². The summed E-state index contributed by atoms with van der Waals surface area (Å²) in [4.78, 5) is 73.3. The number of hydrogen-bond donors (Lipinski definition) is 3. The van der Waals surface area contributed by atoms with Gasteiger partial charge in [0.2, 0.25) is 0 Å². The molecule has 0 amide bonds. The number of phosphoric acid groups is 2. The van der Waals surface area contributed by atoms with Crippen LogP contribution >= 0.6 is 15.6 Å². The van der Waals surface area contributed by atoms with Gasteiger partial charge in [-0.15, -0.1) is 0 Å². The number of unbranched alkanes of at least 4 members (excludes halogenated alkanes) is 17. The van der Waals surface area contributed by atoms with Crippen LogP contribution < -0.4 is 0 Å². The Labute approximate surface area is 678 Å². The standard InChI is InChI=1S/C93H148O17P2/c1-5-9-13-17-21-25-29-33-37-41-43-47-49-53-57-61-65-69-73-77-90(95)103-83-88(109-92(97)79-75-71-67-63-59-55-51-45-39-35-31-27-23-19-15-11-7-3)85-107-111(99,100)105-81-87(94)82-106-112(101,102)108-86-89(110-93(98)80-76-72-68-64-60-56-52-46-40-36-32-28-24-20-16-12-8-4)84-104-91(96)78-74-70-66-62-58-54-50-48-44-42-38-34-30-26-22-18-14-10-6-2/h9,11-13,15-16,21-28,33-40,43-44,47-48,51-53,55-57,64,68,87-89,94H,5-8,10,14,17-20,29-32,41-42,45-46,49-50,54,58-63,65-67,69-86H2,1-4H3,(H,99,100)(H,101,102)/b13-9-,15-11-,16-12-,25-21-,26-22-,27-23-,28-24-,37-33-,38-34-,39-35-,40-36-,47-43-,48-44-,55-51-,56-52-,57-53-,68-64-. The van der Waals surface area contributed by atoms with E-state index in [2.05, 4.69) is 222 Å². The first-order valence-electron chi connectivity index (χ1n) is 42.3. The monoisotopic (exact) mass is 1600 g/mol. The number of carbonyl (C=O) groups is 4. The Hall–Kier alpha value is -6.36. The lowest BCUT2D eigenvalue weighted by Gasteiger charge is -2.21.